The Hall–Kier alpha value is -2.89. The average molecular weight is 250 g/mol. The van der Waals surface area contributed by atoms with Gasteiger partial charge in [-0.15, -0.1) is 0 Å². The third-order valence-corrected chi connectivity index (χ3v) is 2.53. The molecule has 19 heavy (non-hydrogen) atoms. The highest BCUT2D eigenvalue weighted by Gasteiger charge is 2.09. The number of anilines is 1. The van der Waals surface area contributed by atoms with Crippen molar-refractivity contribution in [1.82, 2.24) is 24.9 Å². The molecule has 0 fully saturated rings. The van der Waals surface area contributed by atoms with E-state index in [9.17, 15) is 0 Å². The molecular weight excluding hydrogens is 240 g/mol. The molecule has 0 aromatic carbocycles. The fraction of sp³-hybridized carbons (Fsp3) is 0. The van der Waals surface area contributed by atoms with Gasteiger partial charge in [0.2, 0.25) is 0 Å². The molecule has 0 aliphatic rings. The molecule has 3 aromatic heterocycles. The number of aromatic nitrogens is 5. The largest absolute Gasteiger partial charge is 0.382 e. The van der Waals surface area contributed by atoms with Crippen molar-refractivity contribution >= 4 is 5.82 Å². The number of hydrogen-bond donors (Lipinski definition) is 1. The standard InChI is InChI=1S/C13H10N6/c14-13-12(11-7-15-5-6-17-11)18-8-10(19-13)9-3-1-2-4-16-9/h1-8H,(H2,14,19). The minimum Gasteiger partial charge on any atom is -0.382 e. The van der Waals surface area contributed by atoms with Crippen LogP contribution in [0.25, 0.3) is 22.8 Å². The van der Waals surface area contributed by atoms with Crippen molar-refractivity contribution < 1.29 is 0 Å². The van der Waals surface area contributed by atoms with Crippen molar-refractivity contribution in [3.8, 4) is 22.8 Å². The molecule has 0 saturated carbocycles. The average Bonchev–Trinajstić information content (AvgIpc) is 2.49. The molecule has 3 rings (SSSR count). The van der Waals surface area contributed by atoms with Crippen LogP contribution in [0.1, 0.15) is 0 Å². The van der Waals surface area contributed by atoms with Gasteiger partial charge in [-0.2, -0.15) is 0 Å². The number of nitrogens with two attached hydrogens (primary N) is 1. The molecule has 92 valence electrons. The van der Waals surface area contributed by atoms with Gasteiger partial charge in [-0.05, 0) is 12.1 Å². The van der Waals surface area contributed by atoms with E-state index in [0.29, 0.717) is 22.9 Å². The van der Waals surface area contributed by atoms with Gasteiger partial charge in [-0.25, -0.2) is 9.97 Å². The van der Waals surface area contributed by atoms with Crippen LogP contribution in [0.15, 0.2) is 49.2 Å². The lowest BCUT2D eigenvalue weighted by molar-refractivity contribution is 1.14. The lowest BCUT2D eigenvalue weighted by atomic mass is 10.2. The number of hydrogen-bond acceptors (Lipinski definition) is 6. The molecular formula is C13H10N6. The Morgan fingerprint density at radius 3 is 2.37 bits per heavy atom. The summed E-state index contributed by atoms with van der Waals surface area (Å²) < 4.78 is 0. The van der Waals surface area contributed by atoms with Crippen molar-refractivity contribution in [2.24, 2.45) is 0 Å². The Morgan fingerprint density at radius 2 is 1.68 bits per heavy atom. The predicted octanol–water partition coefficient (Wildman–Crippen LogP) is 1.58. The maximum Gasteiger partial charge on any atom is 0.152 e. The molecule has 0 atom stereocenters. The molecule has 0 radical (unpaired) electrons. The molecule has 3 heterocycles. The normalized spacial score (nSPS) is 10.3. The van der Waals surface area contributed by atoms with Crippen molar-refractivity contribution in [2.75, 3.05) is 5.73 Å². The first kappa shape index (κ1) is 11.2. The van der Waals surface area contributed by atoms with Crippen molar-refractivity contribution in [2.45, 2.75) is 0 Å². The van der Waals surface area contributed by atoms with Gasteiger partial charge in [-0.3, -0.25) is 15.0 Å². The second kappa shape index (κ2) is 4.77. The molecule has 6 heteroatoms. The summed E-state index contributed by atoms with van der Waals surface area (Å²) in [5, 5.41) is 0. The van der Waals surface area contributed by atoms with Gasteiger partial charge < -0.3 is 5.73 Å². The summed E-state index contributed by atoms with van der Waals surface area (Å²) in [6.07, 6.45) is 8.10. The third kappa shape index (κ3) is 2.23. The van der Waals surface area contributed by atoms with E-state index in [1.165, 1.54) is 0 Å². The molecule has 0 unspecified atom stereocenters. The van der Waals surface area contributed by atoms with Gasteiger partial charge in [0.15, 0.2) is 5.82 Å². The molecule has 3 aromatic rings. The predicted molar refractivity (Wildman–Crippen MR) is 70.7 cm³/mol. The number of nitrogen functional groups attached to an aromatic ring is 1. The van der Waals surface area contributed by atoms with Crippen LogP contribution >= 0.6 is 0 Å². The monoisotopic (exact) mass is 250 g/mol. The Bertz CT molecular complexity index is 684. The Kier molecular flexibility index (Phi) is 2.82. The van der Waals surface area contributed by atoms with E-state index in [-0.39, 0.29) is 0 Å². The van der Waals surface area contributed by atoms with Crippen molar-refractivity contribution in [3.05, 3.63) is 49.2 Å². The van der Waals surface area contributed by atoms with E-state index in [2.05, 4.69) is 24.9 Å². The smallest absolute Gasteiger partial charge is 0.152 e. The van der Waals surface area contributed by atoms with Gasteiger partial charge in [0.1, 0.15) is 17.1 Å². The van der Waals surface area contributed by atoms with Gasteiger partial charge >= 0.3 is 0 Å². The van der Waals surface area contributed by atoms with E-state index in [4.69, 9.17) is 5.73 Å². The number of rotatable bonds is 2. The lowest BCUT2D eigenvalue weighted by Gasteiger charge is -2.05. The topological polar surface area (TPSA) is 90.5 Å². The Morgan fingerprint density at radius 1 is 0.789 bits per heavy atom. The van der Waals surface area contributed by atoms with Gasteiger partial charge in [0.05, 0.1) is 18.1 Å². The molecule has 0 bridgehead atoms. The van der Waals surface area contributed by atoms with Crippen LogP contribution in [-0.4, -0.2) is 24.9 Å². The summed E-state index contributed by atoms with van der Waals surface area (Å²) in [5.74, 6) is 0.309. The summed E-state index contributed by atoms with van der Waals surface area (Å²) in [6, 6.07) is 5.58. The van der Waals surface area contributed by atoms with Crippen LogP contribution in [0.4, 0.5) is 5.82 Å². The van der Waals surface area contributed by atoms with E-state index in [1.54, 1.807) is 31.0 Å². The molecule has 0 amide bonds. The van der Waals surface area contributed by atoms with Crippen molar-refractivity contribution in [3.63, 3.8) is 0 Å². The third-order valence-electron chi connectivity index (χ3n) is 2.53. The summed E-state index contributed by atoms with van der Waals surface area (Å²) in [5.41, 5.74) is 8.40. The fourth-order valence-electron chi connectivity index (χ4n) is 1.66. The van der Waals surface area contributed by atoms with E-state index in [1.807, 2.05) is 18.2 Å². The minimum absolute atomic E-state index is 0.309. The molecule has 0 aliphatic heterocycles. The van der Waals surface area contributed by atoms with Crippen LogP contribution in [0.5, 0.6) is 0 Å². The quantitative estimate of drug-likeness (QED) is 0.742. The Balaban J connectivity index is 2.04. The van der Waals surface area contributed by atoms with Gasteiger partial charge in [0, 0.05) is 18.6 Å². The summed E-state index contributed by atoms with van der Waals surface area (Å²) in [6.45, 7) is 0. The van der Waals surface area contributed by atoms with Crippen LogP contribution < -0.4 is 5.73 Å². The van der Waals surface area contributed by atoms with Crippen LogP contribution in [0.2, 0.25) is 0 Å². The SMILES string of the molecule is Nc1nc(-c2ccccn2)cnc1-c1cnccn1. The zero-order chi connectivity index (χ0) is 13.1. The van der Waals surface area contributed by atoms with E-state index < -0.39 is 0 Å². The summed E-state index contributed by atoms with van der Waals surface area (Å²) in [4.78, 5) is 20.9. The van der Waals surface area contributed by atoms with Gasteiger partial charge in [-0.1, -0.05) is 6.07 Å². The highest BCUT2D eigenvalue weighted by molar-refractivity contribution is 5.68. The fourth-order valence-corrected chi connectivity index (χ4v) is 1.66. The van der Waals surface area contributed by atoms with Crippen LogP contribution in [0.3, 0.4) is 0 Å². The van der Waals surface area contributed by atoms with Crippen LogP contribution in [0, 0.1) is 0 Å². The van der Waals surface area contributed by atoms with Gasteiger partial charge in [0.25, 0.3) is 0 Å². The summed E-state index contributed by atoms with van der Waals surface area (Å²) >= 11 is 0. The first-order valence-electron chi connectivity index (χ1n) is 5.65. The molecule has 0 spiro atoms. The maximum absolute atomic E-state index is 5.92. The van der Waals surface area contributed by atoms with E-state index >= 15 is 0 Å². The highest BCUT2D eigenvalue weighted by atomic mass is 14.9. The maximum atomic E-state index is 5.92. The molecule has 0 saturated heterocycles. The first-order valence-corrected chi connectivity index (χ1v) is 5.65. The molecule has 6 nitrogen and oxygen atoms in total. The Labute approximate surface area is 109 Å². The zero-order valence-electron chi connectivity index (χ0n) is 9.93. The second-order valence-electron chi connectivity index (χ2n) is 3.79. The highest BCUT2D eigenvalue weighted by Crippen LogP contribution is 2.22. The number of pyridine rings is 1. The van der Waals surface area contributed by atoms with Crippen LogP contribution in [-0.2, 0) is 0 Å². The molecule has 0 aliphatic carbocycles. The van der Waals surface area contributed by atoms with E-state index in [0.717, 1.165) is 5.69 Å². The summed E-state index contributed by atoms with van der Waals surface area (Å²) in [7, 11) is 0. The second-order valence-corrected chi connectivity index (χ2v) is 3.79. The minimum atomic E-state index is 0.309. The lowest BCUT2D eigenvalue weighted by Crippen LogP contribution is -2.00. The first-order chi connectivity index (χ1) is 9.34. The number of nitrogens with zero attached hydrogens (tertiary/aromatic N) is 5. The van der Waals surface area contributed by atoms with Crippen molar-refractivity contribution in [1.29, 1.82) is 0 Å². The molecule has 2 N–H and O–H groups in total. The zero-order valence-corrected chi connectivity index (χ0v) is 9.93.